The second-order valence-corrected chi connectivity index (χ2v) is 5.19. The van der Waals surface area contributed by atoms with Crippen molar-refractivity contribution in [2.75, 3.05) is 7.11 Å². The number of hydrogen-bond acceptors (Lipinski definition) is 3. The van der Waals surface area contributed by atoms with E-state index in [2.05, 4.69) is 0 Å². The summed E-state index contributed by atoms with van der Waals surface area (Å²) in [7, 11) is 0.0218. The minimum Gasteiger partial charge on any atom is -0.497 e. The zero-order chi connectivity index (χ0) is 13.8. The molecule has 0 bridgehead atoms. The zero-order valence-corrected chi connectivity index (χ0v) is 11.0. The number of methoxy groups -OCH3 is 1. The normalized spacial score (nSPS) is 11.8. The van der Waals surface area contributed by atoms with Gasteiger partial charge in [0.05, 0.1) is 28.4 Å². The maximum absolute atomic E-state index is 12.4. The fourth-order valence-electron chi connectivity index (χ4n) is 1.63. The maximum atomic E-state index is 12.4. The van der Waals surface area contributed by atoms with Crippen LogP contribution in [0.2, 0.25) is 0 Å². The van der Waals surface area contributed by atoms with E-state index in [0.717, 1.165) is 0 Å². The Morgan fingerprint density at radius 2 is 1.74 bits per heavy atom. The van der Waals surface area contributed by atoms with Gasteiger partial charge in [-0.15, -0.1) is 0 Å². The molecular weight excluding hydrogens is 264 g/mol. The minimum atomic E-state index is -1.53. The van der Waals surface area contributed by atoms with E-state index < -0.39 is 16.8 Å². The van der Waals surface area contributed by atoms with Crippen LogP contribution < -0.4 is 4.74 Å². The van der Waals surface area contributed by atoms with Crippen molar-refractivity contribution in [2.24, 2.45) is 0 Å². The SMILES string of the molecule is COc1ccc([S@](=O)c2ccccc2C(=O)O)cc1. The Bertz CT molecular complexity index is 620. The van der Waals surface area contributed by atoms with Crippen LogP contribution in [-0.4, -0.2) is 22.4 Å². The van der Waals surface area contributed by atoms with E-state index in [1.165, 1.54) is 6.07 Å². The summed E-state index contributed by atoms with van der Waals surface area (Å²) >= 11 is 0. The molecule has 2 rings (SSSR count). The number of aromatic carboxylic acids is 1. The summed E-state index contributed by atoms with van der Waals surface area (Å²) in [5, 5.41) is 9.09. The van der Waals surface area contributed by atoms with E-state index >= 15 is 0 Å². The van der Waals surface area contributed by atoms with Gasteiger partial charge in [-0.05, 0) is 36.4 Å². The third-order valence-electron chi connectivity index (χ3n) is 2.59. The Labute approximate surface area is 113 Å². The van der Waals surface area contributed by atoms with Crippen molar-refractivity contribution >= 4 is 16.8 Å². The van der Waals surface area contributed by atoms with Gasteiger partial charge in [-0.25, -0.2) is 9.00 Å². The monoisotopic (exact) mass is 276 g/mol. The molecule has 4 nitrogen and oxygen atoms in total. The third-order valence-corrected chi connectivity index (χ3v) is 4.05. The Morgan fingerprint density at radius 1 is 1.11 bits per heavy atom. The summed E-state index contributed by atoms with van der Waals surface area (Å²) in [5.74, 6) is -0.426. The third kappa shape index (κ3) is 2.82. The Balaban J connectivity index is 2.41. The lowest BCUT2D eigenvalue weighted by molar-refractivity contribution is 0.0693. The van der Waals surface area contributed by atoms with Gasteiger partial charge in [0.2, 0.25) is 0 Å². The van der Waals surface area contributed by atoms with Crippen LogP contribution >= 0.6 is 0 Å². The highest BCUT2D eigenvalue weighted by atomic mass is 32.2. The van der Waals surface area contributed by atoms with Crippen LogP contribution in [0.5, 0.6) is 5.75 Å². The topological polar surface area (TPSA) is 63.6 Å². The van der Waals surface area contributed by atoms with Crippen molar-refractivity contribution in [3.63, 3.8) is 0 Å². The molecule has 0 spiro atoms. The van der Waals surface area contributed by atoms with Crippen molar-refractivity contribution in [2.45, 2.75) is 9.79 Å². The van der Waals surface area contributed by atoms with Crippen LogP contribution in [0.15, 0.2) is 58.3 Å². The molecule has 0 heterocycles. The average molecular weight is 276 g/mol. The predicted molar refractivity (Wildman–Crippen MR) is 71.1 cm³/mol. The second-order valence-electron chi connectivity index (χ2n) is 3.75. The Kier molecular flexibility index (Phi) is 3.97. The van der Waals surface area contributed by atoms with Crippen molar-refractivity contribution in [3.05, 3.63) is 54.1 Å². The molecule has 0 aliphatic heterocycles. The first-order valence-corrected chi connectivity index (χ1v) is 6.66. The molecule has 19 heavy (non-hydrogen) atoms. The summed E-state index contributed by atoms with van der Waals surface area (Å²) in [4.78, 5) is 11.9. The molecule has 0 aliphatic rings. The van der Waals surface area contributed by atoms with Gasteiger partial charge in [0.15, 0.2) is 0 Å². The molecule has 98 valence electrons. The molecule has 0 aliphatic carbocycles. The lowest BCUT2D eigenvalue weighted by Crippen LogP contribution is -2.04. The van der Waals surface area contributed by atoms with E-state index in [1.54, 1.807) is 49.6 Å². The Morgan fingerprint density at radius 3 is 2.32 bits per heavy atom. The smallest absolute Gasteiger partial charge is 0.336 e. The quantitative estimate of drug-likeness (QED) is 0.932. The molecule has 5 heteroatoms. The van der Waals surface area contributed by atoms with Gasteiger partial charge in [0.25, 0.3) is 0 Å². The molecule has 1 atom stereocenters. The van der Waals surface area contributed by atoms with Crippen molar-refractivity contribution < 1.29 is 18.8 Å². The molecule has 2 aromatic carbocycles. The molecule has 0 radical (unpaired) electrons. The van der Waals surface area contributed by atoms with Crippen LogP contribution in [0.25, 0.3) is 0 Å². The number of hydrogen-bond donors (Lipinski definition) is 1. The zero-order valence-electron chi connectivity index (χ0n) is 10.2. The number of ether oxygens (including phenoxy) is 1. The maximum Gasteiger partial charge on any atom is 0.336 e. The van der Waals surface area contributed by atoms with Crippen LogP contribution in [0, 0.1) is 0 Å². The molecule has 0 amide bonds. The van der Waals surface area contributed by atoms with Gasteiger partial charge in [-0.2, -0.15) is 0 Å². The first-order chi connectivity index (χ1) is 9.13. The van der Waals surface area contributed by atoms with E-state index in [0.29, 0.717) is 15.5 Å². The van der Waals surface area contributed by atoms with E-state index in [9.17, 15) is 9.00 Å². The van der Waals surface area contributed by atoms with Crippen LogP contribution in [0.3, 0.4) is 0 Å². The van der Waals surface area contributed by atoms with Crippen molar-refractivity contribution in [1.82, 2.24) is 0 Å². The molecule has 2 aromatic rings. The fraction of sp³-hybridized carbons (Fsp3) is 0.0714. The standard InChI is InChI=1S/C14H12O4S/c1-18-10-6-8-11(9-7-10)19(17)13-5-3-2-4-12(13)14(15)16/h2-9H,1H3,(H,15,16)/t19-/m0/s1. The second kappa shape index (κ2) is 5.67. The van der Waals surface area contributed by atoms with Gasteiger partial charge in [-0.3, -0.25) is 0 Å². The highest BCUT2D eigenvalue weighted by Gasteiger charge is 2.16. The number of rotatable bonds is 4. The summed E-state index contributed by atoms with van der Waals surface area (Å²) in [6.07, 6.45) is 0. The molecule has 1 N–H and O–H groups in total. The van der Waals surface area contributed by atoms with Gasteiger partial charge in [-0.1, -0.05) is 12.1 Å². The lowest BCUT2D eigenvalue weighted by atomic mass is 10.2. The molecule has 0 saturated heterocycles. The lowest BCUT2D eigenvalue weighted by Gasteiger charge is -2.06. The fourth-order valence-corrected chi connectivity index (χ4v) is 2.83. The molecule has 0 saturated carbocycles. The van der Waals surface area contributed by atoms with Gasteiger partial charge < -0.3 is 9.84 Å². The number of benzene rings is 2. The molecular formula is C14H12O4S. The van der Waals surface area contributed by atoms with Crippen molar-refractivity contribution in [1.29, 1.82) is 0 Å². The van der Waals surface area contributed by atoms with E-state index in [4.69, 9.17) is 9.84 Å². The van der Waals surface area contributed by atoms with E-state index in [1.807, 2.05) is 0 Å². The Hall–Kier alpha value is -2.14. The number of carbonyl (C=O) groups is 1. The van der Waals surface area contributed by atoms with E-state index in [-0.39, 0.29) is 5.56 Å². The summed E-state index contributed by atoms with van der Waals surface area (Å²) in [6.45, 7) is 0. The summed E-state index contributed by atoms with van der Waals surface area (Å²) in [6, 6.07) is 13.0. The number of carboxylic acids is 1. The molecule has 0 aromatic heterocycles. The van der Waals surface area contributed by atoms with Gasteiger partial charge in [0.1, 0.15) is 5.75 Å². The van der Waals surface area contributed by atoms with Crippen LogP contribution in [0.4, 0.5) is 0 Å². The number of carboxylic acid groups (broad SMARTS) is 1. The largest absolute Gasteiger partial charge is 0.497 e. The molecule has 0 unspecified atom stereocenters. The van der Waals surface area contributed by atoms with Gasteiger partial charge >= 0.3 is 5.97 Å². The highest BCUT2D eigenvalue weighted by Crippen LogP contribution is 2.22. The average Bonchev–Trinajstić information content (AvgIpc) is 2.46. The van der Waals surface area contributed by atoms with Crippen LogP contribution in [-0.2, 0) is 10.8 Å². The summed E-state index contributed by atoms with van der Waals surface area (Å²) < 4.78 is 17.4. The summed E-state index contributed by atoms with van der Waals surface area (Å²) in [5.41, 5.74) is 0.0525. The van der Waals surface area contributed by atoms with Gasteiger partial charge in [0, 0.05) is 4.90 Å². The first-order valence-electron chi connectivity index (χ1n) is 5.51. The minimum absolute atomic E-state index is 0.0525. The highest BCUT2D eigenvalue weighted by molar-refractivity contribution is 7.85. The predicted octanol–water partition coefficient (Wildman–Crippen LogP) is 2.56. The van der Waals surface area contributed by atoms with Crippen molar-refractivity contribution in [3.8, 4) is 5.75 Å². The first kappa shape index (κ1) is 13.3. The van der Waals surface area contributed by atoms with Crippen LogP contribution in [0.1, 0.15) is 10.4 Å². The molecule has 0 fully saturated rings.